The molecule has 2 rings (SSSR count). The van der Waals surface area contributed by atoms with Gasteiger partial charge in [-0.2, -0.15) is 0 Å². The van der Waals surface area contributed by atoms with Crippen molar-refractivity contribution in [3.63, 3.8) is 0 Å². The number of aryl methyl sites for hydroxylation is 1. The Labute approximate surface area is 111 Å². The van der Waals surface area contributed by atoms with Crippen molar-refractivity contribution in [3.05, 3.63) is 56.3 Å². The maximum atomic E-state index is 11.6. The average molecular weight is 312 g/mol. The van der Waals surface area contributed by atoms with E-state index in [-0.39, 0.29) is 17.7 Å². The van der Waals surface area contributed by atoms with Gasteiger partial charge in [0.2, 0.25) is 0 Å². The fourth-order valence-electron chi connectivity index (χ4n) is 1.63. The van der Waals surface area contributed by atoms with Crippen molar-refractivity contribution in [2.24, 2.45) is 0 Å². The van der Waals surface area contributed by atoms with Crippen molar-refractivity contribution in [1.82, 2.24) is 4.57 Å². The number of halogens is 1. The zero-order valence-electron chi connectivity index (χ0n) is 9.51. The minimum absolute atomic E-state index is 0.119. The molecule has 0 radical (unpaired) electrons. The van der Waals surface area contributed by atoms with Crippen LogP contribution in [0.2, 0.25) is 0 Å². The Kier molecular flexibility index (Phi) is 3.38. The second-order valence-electron chi connectivity index (χ2n) is 3.80. The van der Waals surface area contributed by atoms with Gasteiger partial charge in [-0.25, -0.2) is 4.79 Å². The van der Waals surface area contributed by atoms with E-state index in [9.17, 15) is 9.59 Å². The second kappa shape index (κ2) is 4.81. The van der Waals surface area contributed by atoms with Gasteiger partial charge in [-0.1, -0.05) is 0 Å². The lowest BCUT2D eigenvalue weighted by molar-refractivity contribution is 0.0695. The van der Waals surface area contributed by atoms with Crippen molar-refractivity contribution < 1.29 is 14.3 Å². The molecule has 94 valence electrons. The molecule has 0 unspecified atom stereocenters. The summed E-state index contributed by atoms with van der Waals surface area (Å²) in [5, 5.41) is 8.91. The molecule has 0 atom stereocenters. The molecule has 0 saturated heterocycles. The fraction of sp³-hybridized carbons (Fsp3) is 0.167. The van der Waals surface area contributed by atoms with Gasteiger partial charge in [0, 0.05) is 16.7 Å². The molecule has 0 amide bonds. The molecule has 2 aromatic heterocycles. The summed E-state index contributed by atoms with van der Waals surface area (Å²) < 4.78 is 7.52. The normalized spacial score (nSPS) is 10.6. The van der Waals surface area contributed by atoms with Gasteiger partial charge in [0.15, 0.2) is 0 Å². The highest BCUT2D eigenvalue weighted by Crippen LogP contribution is 2.15. The maximum absolute atomic E-state index is 11.6. The molecular weight excluding hydrogens is 302 g/mol. The third-order valence-electron chi connectivity index (χ3n) is 2.47. The van der Waals surface area contributed by atoms with Crippen LogP contribution in [0.1, 0.15) is 21.9 Å². The molecule has 0 aliphatic heterocycles. The van der Waals surface area contributed by atoms with E-state index in [2.05, 4.69) is 15.9 Å². The summed E-state index contributed by atoms with van der Waals surface area (Å²) in [4.78, 5) is 22.5. The van der Waals surface area contributed by atoms with E-state index in [0.717, 1.165) is 4.47 Å². The highest BCUT2D eigenvalue weighted by atomic mass is 79.9. The standard InChI is InChI=1S/C12H10BrNO4/c1-7-10(12(16)17)4-9(18-7)6-14-5-8(13)2-3-11(14)15/h2-5H,6H2,1H3,(H,16,17). The molecule has 5 nitrogen and oxygen atoms in total. The Bertz CT molecular complexity index is 656. The quantitative estimate of drug-likeness (QED) is 0.943. The molecular formula is C12H10BrNO4. The van der Waals surface area contributed by atoms with E-state index < -0.39 is 5.97 Å². The lowest BCUT2D eigenvalue weighted by Crippen LogP contribution is -2.18. The summed E-state index contributed by atoms with van der Waals surface area (Å²) in [6, 6.07) is 4.51. The Morgan fingerprint density at radius 1 is 1.50 bits per heavy atom. The van der Waals surface area contributed by atoms with Crippen molar-refractivity contribution in [3.8, 4) is 0 Å². The minimum atomic E-state index is -1.04. The molecule has 0 saturated carbocycles. The van der Waals surface area contributed by atoms with Crippen LogP contribution in [0.3, 0.4) is 0 Å². The van der Waals surface area contributed by atoms with E-state index in [1.807, 2.05) is 0 Å². The van der Waals surface area contributed by atoms with Gasteiger partial charge in [0.25, 0.3) is 5.56 Å². The summed E-state index contributed by atoms with van der Waals surface area (Å²) in [6.45, 7) is 1.78. The van der Waals surface area contributed by atoms with E-state index in [0.29, 0.717) is 11.5 Å². The summed E-state index contributed by atoms with van der Waals surface area (Å²) in [5.74, 6) is -0.269. The molecule has 0 fully saturated rings. The fourth-order valence-corrected chi connectivity index (χ4v) is 2.01. The minimum Gasteiger partial charge on any atom is -0.478 e. The smallest absolute Gasteiger partial charge is 0.339 e. The Balaban J connectivity index is 2.34. The van der Waals surface area contributed by atoms with Crippen molar-refractivity contribution in [2.45, 2.75) is 13.5 Å². The molecule has 6 heteroatoms. The number of hydrogen-bond acceptors (Lipinski definition) is 3. The molecule has 0 aliphatic carbocycles. The van der Waals surface area contributed by atoms with Gasteiger partial charge in [0.05, 0.1) is 6.54 Å². The van der Waals surface area contributed by atoms with Gasteiger partial charge in [-0.3, -0.25) is 4.79 Å². The number of furan rings is 1. The average Bonchev–Trinajstić information content (AvgIpc) is 2.65. The van der Waals surface area contributed by atoms with Crippen molar-refractivity contribution in [1.29, 1.82) is 0 Å². The number of rotatable bonds is 3. The van der Waals surface area contributed by atoms with Crippen LogP contribution in [-0.4, -0.2) is 15.6 Å². The van der Waals surface area contributed by atoms with Crippen LogP contribution >= 0.6 is 15.9 Å². The highest BCUT2D eigenvalue weighted by molar-refractivity contribution is 9.10. The summed E-state index contributed by atoms with van der Waals surface area (Å²) in [5.41, 5.74) is -0.0582. The number of nitrogens with zero attached hydrogens (tertiary/aromatic N) is 1. The summed E-state index contributed by atoms with van der Waals surface area (Å²) in [6.07, 6.45) is 1.63. The van der Waals surface area contributed by atoms with Crippen LogP contribution < -0.4 is 5.56 Å². The van der Waals surface area contributed by atoms with Gasteiger partial charge >= 0.3 is 5.97 Å². The van der Waals surface area contributed by atoms with Crippen LogP contribution in [0.25, 0.3) is 0 Å². The third-order valence-corrected chi connectivity index (χ3v) is 2.94. The lowest BCUT2D eigenvalue weighted by Gasteiger charge is -2.02. The molecule has 0 bridgehead atoms. The first-order valence-corrected chi connectivity index (χ1v) is 5.95. The maximum Gasteiger partial charge on any atom is 0.339 e. The number of carbonyl (C=O) groups is 1. The van der Waals surface area contributed by atoms with Gasteiger partial charge in [-0.05, 0) is 35.0 Å². The van der Waals surface area contributed by atoms with Crippen LogP contribution in [0, 0.1) is 6.92 Å². The predicted octanol–water partition coefficient (Wildman–Crippen LogP) is 2.26. The SMILES string of the molecule is Cc1oc(Cn2cc(Br)ccc2=O)cc1C(=O)O. The molecule has 0 spiro atoms. The zero-order chi connectivity index (χ0) is 13.3. The first-order valence-electron chi connectivity index (χ1n) is 5.16. The molecule has 2 aromatic rings. The van der Waals surface area contributed by atoms with E-state index in [1.54, 1.807) is 19.2 Å². The zero-order valence-corrected chi connectivity index (χ0v) is 11.1. The molecule has 18 heavy (non-hydrogen) atoms. The number of hydrogen-bond donors (Lipinski definition) is 1. The molecule has 0 aromatic carbocycles. The van der Waals surface area contributed by atoms with Crippen molar-refractivity contribution in [2.75, 3.05) is 0 Å². The first kappa shape index (κ1) is 12.6. The van der Waals surface area contributed by atoms with Crippen LogP contribution in [-0.2, 0) is 6.54 Å². The number of aromatic carboxylic acids is 1. The Hall–Kier alpha value is -1.82. The first-order chi connectivity index (χ1) is 8.47. The van der Waals surface area contributed by atoms with Crippen molar-refractivity contribution >= 4 is 21.9 Å². The summed E-state index contributed by atoms with van der Waals surface area (Å²) in [7, 11) is 0. The largest absolute Gasteiger partial charge is 0.478 e. The van der Waals surface area contributed by atoms with E-state index >= 15 is 0 Å². The summed E-state index contributed by atoms with van der Waals surface area (Å²) >= 11 is 3.27. The monoisotopic (exact) mass is 311 g/mol. The van der Waals surface area contributed by atoms with Crippen LogP contribution in [0.5, 0.6) is 0 Å². The van der Waals surface area contributed by atoms with E-state index in [1.165, 1.54) is 16.7 Å². The molecule has 1 N–H and O–H groups in total. The topological polar surface area (TPSA) is 72.4 Å². The predicted molar refractivity (Wildman–Crippen MR) is 67.9 cm³/mol. The van der Waals surface area contributed by atoms with Crippen LogP contribution in [0.4, 0.5) is 0 Å². The number of carboxylic acid groups (broad SMARTS) is 1. The van der Waals surface area contributed by atoms with Gasteiger partial charge in [0.1, 0.15) is 17.1 Å². The number of carboxylic acids is 1. The second-order valence-corrected chi connectivity index (χ2v) is 4.72. The Morgan fingerprint density at radius 2 is 2.22 bits per heavy atom. The highest BCUT2D eigenvalue weighted by Gasteiger charge is 2.14. The number of pyridine rings is 1. The Morgan fingerprint density at radius 3 is 2.83 bits per heavy atom. The van der Waals surface area contributed by atoms with E-state index in [4.69, 9.17) is 9.52 Å². The van der Waals surface area contributed by atoms with Gasteiger partial charge in [-0.15, -0.1) is 0 Å². The third kappa shape index (κ3) is 2.53. The van der Waals surface area contributed by atoms with Crippen LogP contribution in [0.15, 0.2) is 38.1 Å². The van der Waals surface area contributed by atoms with Gasteiger partial charge < -0.3 is 14.1 Å². The lowest BCUT2D eigenvalue weighted by atomic mass is 10.2. The molecule has 2 heterocycles. The number of aromatic nitrogens is 1. The molecule has 0 aliphatic rings.